The Bertz CT molecular complexity index is 895. The summed E-state index contributed by atoms with van der Waals surface area (Å²) in [5.74, 6) is 1.25. The first kappa shape index (κ1) is 17.7. The number of rotatable bonds is 3. The number of aromatic nitrogens is 2. The summed E-state index contributed by atoms with van der Waals surface area (Å²) >= 11 is 1.70. The quantitative estimate of drug-likeness (QED) is 0.746. The molecular formula is C19H27N4O2S+. The molecule has 1 amide bonds. The highest BCUT2D eigenvalue weighted by Crippen LogP contribution is 2.35. The fourth-order valence-electron chi connectivity index (χ4n) is 4.47. The zero-order valence-electron chi connectivity index (χ0n) is 15.4. The standard InChI is InChI=1S/C19H26N4O2S/c1-10-3-4-13-14(9-10)26-19-15(13)18(25)21-17(22-19)11(2)23-7-5-12(6-8-23)16(20)24/h10-12H,3-9H2,1-2H3,(H2,20,24)(H,21,22,25)/p+1/t10-,11-/m0/s1. The van der Waals surface area contributed by atoms with E-state index in [0.29, 0.717) is 5.92 Å². The highest BCUT2D eigenvalue weighted by atomic mass is 32.1. The third-order valence-corrected chi connectivity index (χ3v) is 7.38. The molecule has 2 atom stereocenters. The van der Waals surface area contributed by atoms with Crippen LogP contribution in [0.1, 0.15) is 55.4 Å². The van der Waals surface area contributed by atoms with Crippen molar-refractivity contribution in [1.82, 2.24) is 9.97 Å². The lowest BCUT2D eigenvalue weighted by molar-refractivity contribution is -0.935. The van der Waals surface area contributed by atoms with Crippen molar-refractivity contribution in [2.24, 2.45) is 17.6 Å². The fourth-order valence-corrected chi connectivity index (χ4v) is 5.86. The molecule has 0 aromatic carbocycles. The van der Waals surface area contributed by atoms with Gasteiger partial charge in [-0.1, -0.05) is 6.92 Å². The number of H-pyrrole nitrogens is 1. The first-order valence-corrected chi connectivity index (χ1v) is 10.4. The first-order valence-electron chi connectivity index (χ1n) is 9.62. The lowest BCUT2D eigenvalue weighted by Gasteiger charge is -2.31. The van der Waals surface area contributed by atoms with E-state index in [4.69, 9.17) is 10.7 Å². The van der Waals surface area contributed by atoms with E-state index in [1.54, 1.807) is 11.3 Å². The molecular weight excluding hydrogens is 348 g/mol. The van der Waals surface area contributed by atoms with Gasteiger partial charge in [0.2, 0.25) is 5.91 Å². The van der Waals surface area contributed by atoms with Crippen molar-refractivity contribution in [3.05, 3.63) is 26.6 Å². The number of hydrogen-bond acceptors (Lipinski definition) is 4. The molecule has 26 heavy (non-hydrogen) atoms. The average Bonchev–Trinajstić information content (AvgIpc) is 2.98. The monoisotopic (exact) mass is 375 g/mol. The van der Waals surface area contributed by atoms with Crippen molar-refractivity contribution < 1.29 is 9.69 Å². The molecule has 4 rings (SSSR count). The summed E-state index contributed by atoms with van der Waals surface area (Å²) in [7, 11) is 0. The van der Waals surface area contributed by atoms with Crippen LogP contribution in [0.5, 0.6) is 0 Å². The molecule has 2 aliphatic rings. The van der Waals surface area contributed by atoms with Crippen LogP contribution in [-0.2, 0) is 17.6 Å². The molecule has 0 unspecified atom stereocenters. The number of nitrogens with zero attached hydrogens (tertiary/aromatic N) is 1. The summed E-state index contributed by atoms with van der Waals surface area (Å²) < 4.78 is 0. The Morgan fingerprint density at radius 3 is 2.77 bits per heavy atom. The molecule has 3 heterocycles. The molecule has 1 saturated heterocycles. The number of hydrogen-bond donors (Lipinski definition) is 3. The second kappa shape index (κ2) is 6.78. The van der Waals surface area contributed by atoms with Gasteiger partial charge in [-0.3, -0.25) is 9.59 Å². The molecule has 140 valence electrons. The van der Waals surface area contributed by atoms with Gasteiger partial charge in [-0.05, 0) is 37.7 Å². The highest BCUT2D eigenvalue weighted by Gasteiger charge is 2.31. The van der Waals surface area contributed by atoms with Gasteiger partial charge in [-0.15, -0.1) is 11.3 Å². The number of likely N-dealkylation sites (tertiary alicyclic amines) is 1. The van der Waals surface area contributed by atoms with Gasteiger partial charge in [0.15, 0.2) is 5.82 Å². The summed E-state index contributed by atoms with van der Waals surface area (Å²) in [5.41, 5.74) is 6.67. The van der Waals surface area contributed by atoms with E-state index in [1.807, 2.05) is 0 Å². The number of aromatic amines is 1. The van der Waals surface area contributed by atoms with Crippen LogP contribution in [0, 0.1) is 11.8 Å². The molecule has 6 nitrogen and oxygen atoms in total. The van der Waals surface area contributed by atoms with Gasteiger partial charge in [0.1, 0.15) is 10.9 Å². The lowest BCUT2D eigenvalue weighted by Crippen LogP contribution is -3.13. The predicted octanol–water partition coefficient (Wildman–Crippen LogP) is 0.951. The van der Waals surface area contributed by atoms with Crippen LogP contribution in [-0.4, -0.2) is 29.0 Å². The number of quaternary nitrogens is 1. The van der Waals surface area contributed by atoms with E-state index < -0.39 is 0 Å². The highest BCUT2D eigenvalue weighted by molar-refractivity contribution is 7.18. The largest absolute Gasteiger partial charge is 0.369 e. The minimum atomic E-state index is -0.192. The van der Waals surface area contributed by atoms with Gasteiger partial charge in [-0.25, -0.2) is 4.98 Å². The van der Waals surface area contributed by atoms with E-state index in [-0.39, 0.29) is 23.4 Å². The topological polar surface area (TPSA) is 93.3 Å². The van der Waals surface area contributed by atoms with Crippen molar-refractivity contribution in [1.29, 1.82) is 0 Å². The Morgan fingerprint density at radius 1 is 1.35 bits per heavy atom. The van der Waals surface area contributed by atoms with E-state index in [0.717, 1.165) is 61.2 Å². The Labute approximate surface area is 156 Å². The van der Waals surface area contributed by atoms with Gasteiger partial charge >= 0.3 is 0 Å². The first-order chi connectivity index (χ1) is 12.4. The number of primary amides is 1. The zero-order chi connectivity index (χ0) is 18.4. The van der Waals surface area contributed by atoms with E-state index in [9.17, 15) is 9.59 Å². The predicted molar refractivity (Wildman–Crippen MR) is 102 cm³/mol. The van der Waals surface area contributed by atoms with Crippen LogP contribution < -0.4 is 16.2 Å². The minimum absolute atomic E-state index is 0.00792. The number of carbonyl (C=O) groups excluding carboxylic acids is 1. The third-order valence-electron chi connectivity index (χ3n) is 6.24. The molecule has 1 aliphatic carbocycles. The summed E-state index contributed by atoms with van der Waals surface area (Å²) in [5, 5.41) is 0.815. The SMILES string of the molecule is C[C@H]1CCc2c(sc3nc([C@H](C)[NH+]4CCC(C(N)=O)CC4)[nH]c(=O)c23)C1. The molecule has 7 heteroatoms. The number of nitrogens with one attached hydrogen (secondary N) is 2. The lowest BCUT2D eigenvalue weighted by atomic mass is 9.89. The van der Waals surface area contributed by atoms with Crippen molar-refractivity contribution in [2.45, 2.75) is 52.0 Å². The van der Waals surface area contributed by atoms with Crippen LogP contribution in [0.2, 0.25) is 0 Å². The van der Waals surface area contributed by atoms with Crippen LogP contribution in [0.4, 0.5) is 0 Å². The maximum atomic E-state index is 12.8. The number of nitrogens with two attached hydrogens (primary N) is 1. The Kier molecular flexibility index (Phi) is 4.61. The summed E-state index contributed by atoms with van der Waals surface area (Å²) in [6.07, 6.45) is 4.82. The molecule has 0 saturated carbocycles. The van der Waals surface area contributed by atoms with Gasteiger partial charge in [-0.2, -0.15) is 0 Å². The molecule has 0 spiro atoms. The van der Waals surface area contributed by atoms with Crippen LogP contribution in [0.15, 0.2) is 4.79 Å². The summed E-state index contributed by atoms with van der Waals surface area (Å²) in [6, 6.07) is 0.110. The second-order valence-electron chi connectivity index (χ2n) is 8.04. The number of thiophene rings is 1. The molecule has 4 N–H and O–H groups in total. The van der Waals surface area contributed by atoms with Crippen molar-refractivity contribution >= 4 is 27.5 Å². The fraction of sp³-hybridized carbons (Fsp3) is 0.632. The average molecular weight is 376 g/mol. The molecule has 2 aromatic heterocycles. The maximum absolute atomic E-state index is 12.8. The van der Waals surface area contributed by atoms with E-state index >= 15 is 0 Å². The van der Waals surface area contributed by atoms with Crippen LogP contribution in [0.3, 0.4) is 0 Å². The molecule has 2 aromatic rings. The minimum Gasteiger partial charge on any atom is -0.369 e. The van der Waals surface area contributed by atoms with Crippen molar-refractivity contribution in [3.8, 4) is 0 Å². The Balaban J connectivity index is 1.61. The maximum Gasteiger partial charge on any atom is 0.260 e. The van der Waals surface area contributed by atoms with Gasteiger partial charge in [0, 0.05) is 23.6 Å². The van der Waals surface area contributed by atoms with Crippen LogP contribution in [0.25, 0.3) is 10.2 Å². The third kappa shape index (κ3) is 3.07. The number of amides is 1. The van der Waals surface area contributed by atoms with Crippen LogP contribution >= 0.6 is 11.3 Å². The Hall–Kier alpha value is -1.73. The van der Waals surface area contributed by atoms with Crippen molar-refractivity contribution in [2.75, 3.05) is 13.1 Å². The summed E-state index contributed by atoms with van der Waals surface area (Å²) in [4.78, 5) is 35.6. The number of aryl methyl sites for hydroxylation is 1. The normalized spacial score (nSPS) is 27.2. The van der Waals surface area contributed by atoms with Gasteiger partial charge < -0.3 is 15.6 Å². The van der Waals surface area contributed by atoms with Gasteiger partial charge in [0.25, 0.3) is 5.56 Å². The number of piperidine rings is 1. The molecule has 1 fully saturated rings. The molecule has 0 bridgehead atoms. The second-order valence-corrected chi connectivity index (χ2v) is 9.12. The van der Waals surface area contributed by atoms with E-state index in [1.165, 1.54) is 15.3 Å². The van der Waals surface area contributed by atoms with Gasteiger partial charge in [0.05, 0.1) is 18.5 Å². The Morgan fingerprint density at radius 2 is 2.08 bits per heavy atom. The van der Waals surface area contributed by atoms with Crippen molar-refractivity contribution in [3.63, 3.8) is 0 Å². The smallest absolute Gasteiger partial charge is 0.260 e. The zero-order valence-corrected chi connectivity index (χ0v) is 16.2. The number of fused-ring (bicyclic) bond motifs is 3. The molecule has 1 aliphatic heterocycles. The van der Waals surface area contributed by atoms with E-state index in [2.05, 4.69) is 18.8 Å². The number of carbonyl (C=O) groups is 1. The summed E-state index contributed by atoms with van der Waals surface area (Å²) in [6.45, 7) is 6.15. The molecule has 0 radical (unpaired) electrons.